The molecular formula is C17H21NO. The van der Waals surface area contributed by atoms with Crippen molar-refractivity contribution in [1.82, 2.24) is 0 Å². The fraction of sp³-hybridized carbons (Fsp3) is 0.294. The van der Waals surface area contributed by atoms with Crippen LogP contribution in [0.15, 0.2) is 42.5 Å². The van der Waals surface area contributed by atoms with Crippen LogP contribution in [0.2, 0.25) is 0 Å². The van der Waals surface area contributed by atoms with Gasteiger partial charge in [0.15, 0.2) is 0 Å². The smallest absolute Gasteiger partial charge is 0.119 e. The van der Waals surface area contributed by atoms with Crippen LogP contribution in [-0.2, 0) is 0 Å². The van der Waals surface area contributed by atoms with E-state index < -0.39 is 0 Å². The maximum atomic E-state index is 5.16. The lowest BCUT2D eigenvalue weighted by Gasteiger charge is -2.18. The van der Waals surface area contributed by atoms with E-state index in [2.05, 4.69) is 44.3 Å². The van der Waals surface area contributed by atoms with E-state index in [9.17, 15) is 0 Å². The highest BCUT2D eigenvalue weighted by Crippen LogP contribution is 2.24. The molecule has 0 saturated heterocycles. The topological polar surface area (TPSA) is 21.3 Å². The first-order valence-corrected chi connectivity index (χ1v) is 6.58. The van der Waals surface area contributed by atoms with Crippen molar-refractivity contribution in [2.75, 3.05) is 12.4 Å². The third kappa shape index (κ3) is 3.28. The second-order valence-electron chi connectivity index (χ2n) is 4.95. The molecule has 1 N–H and O–H groups in total. The predicted molar refractivity (Wildman–Crippen MR) is 80.9 cm³/mol. The number of rotatable bonds is 4. The van der Waals surface area contributed by atoms with E-state index >= 15 is 0 Å². The fourth-order valence-corrected chi connectivity index (χ4v) is 2.33. The predicted octanol–water partition coefficient (Wildman–Crippen LogP) is 4.49. The Morgan fingerprint density at radius 2 is 1.68 bits per heavy atom. The summed E-state index contributed by atoms with van der Waals surface area (Å²) in [7, 11) is 1.68. The number of hydrogen-bond acceptors (Lipinski definition) is 2. The summed E-state index contributed by atoms with van der Waals surface area (Å²) < 4.78 is 5.16. The van der Waals surface area contributed by atoms with Gasteiger partial charge in [0.25, 0.3) is 0 Å². The largest absolute Gasteiger partial charge is 0.497 e. The first kappa shape index (κ1) is 13.5. The van der Waals surface area contributed by atoms with E-state index in [0.717, 1.165) is 11.4 Å². The van der Waals surface area contributed by atoms with Gasteiger partial charge in [-0.25, -0.2) is 0 Å². The number of anilines is 1. The first-order chi connectivity index (χ1) is 9.10. The highest BCUT2D eigenvalue weighted by molar-refractivity contribution is 5.49. The SMILES string of the molecule is COc1ccc(N[C@@H](C)c2ccc(C)cc2C)cc1. The van der Waals surface area contributed by atoms with Gasteiger partial charge in [-0.15, -0.1) is 0 Å². The molecular weight excluding hydrogens is 234 g/mol. The minimum absolute atomic E-state index is 0.286. The molecule has 2 heteroatoms. The molecule has 0 aliphatic carbocycles. The van der Waals surface area contributed by atoms with E-state index in [1.54, 1.807) is 7.11 Å². The van der Waals surface area contributed by atoms with Crippen molar-refractivity contribution in [3.8, 4) is 5.75 Å². The van der Waals surface area contributed by atoms with Gasteiger partial charge in [-0.05, 0) is 56.2 Å². The van der Waals surface area contributed by atoms with Crippen LogP contribution in [0.3, 0.4) is 0 Å². The van der Waals surface area contributed by atoms with E-state index in [1.807, 2.05) is 24.3 Å². The molecule has 0 radical (unpaired) electrons. The second-order valence-corrected chi connectivity index (χ2v) is 4.95. The van der Waals surface area contributed by atoms with Gasteiger partial charge in [0.05, 0.1) is 7.11 Å². The zero-order chi connectivity index (χ0) is 13.8. The molecule has 2 aromatic carbocycles. The van der Waals surface area contributed by atoms with Crippen LogP contribution in [-0.4, -0.2) is 7.11 Å². The summed E-state index contributed by atoms with van der Waals surface area (Å²) in [5, 5.41) is 3.51. The molecule has 0 unspecified atom stereocenters. The van der Waals surface area contributed by atoms with Crippen molar-refractivity contribution in [2.45, 2.75) is 26.8 Å². The van der Waals surface area contributed by atoms with Crippen LogP contribution in [0.4, 0.5) is 5.69 Å². The van der Waals surface area contributed by atoms with Crippen LogP contribution < -0.4 is 10.1 Å². The molecule has 2 nitrogen and oxygen atoms in total. The van der Waals surface area contributed by atoms with Gasteiger partial charge < -0.3 is 10.1 Å². The van der Waals surface area contributed by atoms with Gasteiger partial charge in [-0.3, -0.25) is 0 Å². The Hall–Kier alpha value is -1.96. The average molecular weight is 255 g/mol. The molecule has 0 fully saturated rings. The molecule has 0 aromatic heterocycles. The minimum Gasteiger partial charge on any atom is -0.497 e. The second kappa shape index (κ2) is 5.79. The molecule has 100 valence electrons. The molecule has 2 rings (SSSR count). The number of aryl methyl sites for hydroxylation is 2. The molecule has 0 aliphatic heterocycles. The number of hydrogen-bond donors (Lipinski definition) is 1. The minimum atomic E-state index is 0.286. The quantitative estimate of drug-likeness (QED) is 0.869. The van der Waals surface area contributed by atoms with Gasteiger partial charge >= 0.3 is 0 Å². The molecule has 19 heavy (non-hydrogen) atoms. The Bertz CT molecular complexity index is 546. The first-order valence-electron chi connectivity index (χ1n) is 6.58. The summed E-state index contributed by atoms with van der Waals surface area (Å²) >= 11 is 0. The zero-order valence-corrected chi connectivity index (χ0v) is 12.0. The molecule has 0 bridgehead atoms. The maximum absolute atomic E-state index is 5.16. The van der Waals surface area contributed by atoms with E-state index in [1.165, 1.54) is 16.7 Å². The van der Waals surface area contributed by atoms with Crippen LogP contribution >= 0.6 is 0 Å². The maximum Gasteiger partial charge on any atom is 0.119 e. The third-order valence-corrected chi connectivity index (χ3v) is 3.37. The van der Waals surface area contributed by atoms with Crippen molar-refractivity contribution in [3.05, 3.63) is 59.2 Å². The summed E-state index contributed by atoms with van der Waals surface area (Å²) in [6, 6.07) is 14.9. The number of ether oxygens (including phenoxy) is 1. The number of methoxy groups -OCH3 is 1. The van der Waals surface area contributed by atoms with Gasteiger partial charge in [-0.1, -0.05) is 23.8 Å². The lowest BCUT2D eigenvalue weighted by Crippen LogP contribution is -2.08. The zero-order valence-electron chi connectivity index (χ0n) is 12.0. The molecule has 0 aliphatic rings. The van der Waals surface area contributed by atoms with Crippen LogP contribution in [0.1, 0.15) is 29.7 Å². The third-order valence-electron chi connectivity index (χ3n) is 3.37. The Kier molecular flexibility index (Phi) is 4.10. The van der Waals surface area contributed by atoms with Gasteiger partial charge in [0, 0.05) is 11.7 Å². The lowest BCUT2D eigenvalue weighted by molar-refractivity contribution is 0.415. The Morgan fingerprint density at radius 1 is 1.00 bits per heavy atom. The average Bonchev–Trinajstić information content (AvgIpc) is 2.39. The Labute approximate surface area is 115 Å². The summed E-state index contributed by atoms with van der Waals surface area (Å²) in [6.45, 7) is 6.47. The Morgan fingerprint density at radius 3 is 2.26 bits per heavy atom. The van der Waals surface area contributed by atoms with E-state index in [0.29, 0.717) is 0 Å². The fourth-order valence-electron chi connectivity index (χ4n) is 2.33. The van der Waals surface area contributed by atoms with Gasteiger partial charge in [0.1, 0.15) is 5.75 Å². The highest BCUT2D eigenvalue weighted by atomic mass is 16.5. The standard InChI is InChI=1S/C17H21NO/c1-12-5-10-17(13(2)11-12)14(3)18-15-6-8-16(19-4)9-7-15/h5-11,14,18H,1-4H3/t14-/m0/s1. The van der Waals surface area contributed by atoms with Crippen LogP contribution in [0.5, 0.6) is 5.75 Å². The molecule has 1 atom stereocenters. The number of nitrogens with one attached hydrogen (secondary N) is 1. The van der Waals surface area contributed by atoms with Gasteiger partial charge in [0.2, 0.25) is 0 Å². The summed E-state index contributed by atoms with van der Waals surface area (Å²) in [4.78, 5) is 0. The normalized spacial score (nSPS) is 12.0. The summed E-state index contributed by atoms with van der Waals surface area (Å²) in [6.07, 6.45) is 0. The molecule has 0 spiro atoms. The van der Waals surface area contributed by atoms with Crippen LogP contribution in [0, 0.1) is 13.8 Å². The van der Waals surface area contributed by atoms with Crippen molar-refractivity contribution in [2.24, 2.45) is 0 Å². The van der Waals surface area contributed by atoms with Crippen LogP contribution in [0.25, 0.3) is 0 Å². The summed E-state index contributed by atoms with van der Waals surface area (Å²) in [5.74, 6) is 0.879. The van der Waals surface area contributed by atoms with Crippen molar-refractivity contribution in [3.63, 3.8) is 0 Å². The van der Waals surface area contributed by atoms with Crippen molar-refractivity contribution < 1.29 is 4.74 Å². The monoisotopic (exact) mass is 255 g/mol. The van der Waals surface area contributed by atoms with E-state index in [4.69, 9.17) is 4.74 Å². The Balaban J connectivity index is 2.13. The molecule has 0 heterocycles. The van der Waals surface area contributed by atoms with Crippen molar-refractivity contribution in [1.29, 1.82) is 0 Å². The highest BCUT2D eigenvalue weighted by Gasteiger charge is 2.08. The molecule has 0 amide bonds. The molecule has 2 aromatic rings. The van der Waals surface area contributed by atoms with Crippen molar-refractivity contribution >= 4 is 5.69 Å². The molecule has 0 saturated carbocycles. The number of benzene rings is 2. The van der Waals surface area contributed by atoms with Gasteiger partial charge in [-0.2, -0.15) is 0 Å². The lowest BCUT2D eigenvalue weighted by atomic mass is 10.00. The van der Waals surface area contributed by atoms with E-state index in [-0.39, 0.29) is 6.04 Å². The summed E-state index contributed by atoms with van der Waals surface area (Å²) in [5.41, 5.74) is 5.07.